The molecule has 69 heavy (non-hydrogen) atoms. The topological polar surface area (TPSA) is 167 Å². The molecule has 13 rings (SSSR count). The molecule has 12 bridgehead atoms. The summed E-state index contributed by atoms with van der Waals surface area (Å²) >= 11 is 0. The Morgan fingerprint density at radius 2 is 0.884 bits per heavy atom. The lowest BCUT2D eigenvalue weighted by molar-refractivity contribution is -0.697. The summed E-state index contributed by atoms with van der Waals surface area (Å²) in [7, 11) is -18.3. The van der Waals surface area contributed by atoms with Gasteiger partial charge in [-0.1, -0.05) is 48.6 Å². The molecule has 2 fully saturated rings. The second kappa shape index (κ2) is 23.4. The van der Waals surface area contributed by atoms with Gasteiger partial charge in [-0.2, -0.15) is 0 Å². The van der Waals surface area contributed by atoms with E-state index in [4.69, 9.17) is 43.0 Å². The molecule has 9 aliphatic rings. The van der Waals surface area contributed by atoms with Crippen molar-refractivity contribution in [1.82, 2.24) is 0 Å². The average Bonchev–Trinajstić information content (AvgIpc) is 3.36. The van der Waals surface area contributed by atoms with Crippen molar-refractivity contribution < 1.29 is 66.5 Å². The van der Waals surface area contributed by atoms with Crippen LogP contribution in [0.1, 0.15) is 35.1 Å². The lowest BCUT2D eigenvalue weighted by Crippen LogP contribution is -2.66. The molecule has 4 aromatic rings. The predicted molar refractivity (Wildman–Crippen MR) is 275 cm³/mol. The summed E-state index contributed by atoms with van der Waals surface area (Å²) in [5, 5.41) is 0. The van der Waals surface area contributed by atoms with Crippen molar-refractivity contribution in [1.29, 1.82) is 0 Å². The highest BCUT2D eigenvalue weighted by Gasteiger charge is 2.61. The van der Waals surface area contributed by atoms with E-state index in [1.807, 2.05) is 58.3 Å². The Balaban J connectivity index is 1.10. The first-order valence-electron chi connectivity index (χ1n) is 23.5. The molecule has 9 aliphatic heterocycles. The molecule has 0 amide bonds. The van der Waals surface area contributed by atoms with E-state index in [9.17, 15) is 14.4 Å². The van der Waals surface area contributed by atoms with E-state index in [0.29, 0.717) is 19.6 Å². The number of pyridine rings is 2. The van der Waals surface area contributed by atoms with Gasteiger partial charge in [0.2, 0.25) is 0 Å². The van der Waals surface area contributed by atoms with Crippen molar-refractivity contribution in [3.05, 3.63) is 120 Å². The van der Waals surface area contributed by atoms with E-state index in [-0.39, 0.29) is 26.6 Å². The number of nitrogens with zero attached hydrogens (tertiary/aromatic N) is 4. The molecule has 374 valence electrons. The molecular formula is C46H70N4O13Si6+2. The van der Waals surface area contributed by atoms with Crippen LogP contribution < -0.4 is 18.9 Å². The first-order chi connectivity index (χ1) is 32.9. The molecule has 3 N–H and O–H groups in total. The van der Waals surface area contributed by atoms with Crippen molar-refractivity contribution in [2.24, 2.45) is 0 Å². The summed E-state index contributed by atoms with van der Waals surface area (Å²) in [5.41, 5.74) is 5.94. The van der Waals surface area contributed by atoms with Crippen LogP contribution in [0.5, 0.6) is 0 Å². The van der Waals surface area contributed by atoms with Gasteiger partial charge in [0.1, 0.15) is 19.8 Å². The van der Waals surface area contributed by atoms with Crippen molar-refractivity contribution in [2.75, 3.05) is 70.2 Å². The van der Waals surface area contributed by atoms with Crippen LogP contribution in [0.25, 0.3) is 24.3 Å². The van der Waals surface area contributed by atoms with Gasteiger partial charge in [-0.05, 0) is 84.8 Å². The van der Waals surface area contributed by atoms with E-state index in [0.717, 1.165) is 71.6 Å². The molecule has 11 heterocycles. The second-order valence-electron chi connectivity index (χ2n) is 18.3. The quantitative estimate of drug-likeness (QED) is 0.173. The van der Waals surface area contributed by atoms with E-state index < -0.39 is 52.6 Å². The highest BCUT2D eigenvalue weighted by Crippen LogP contribution is 2.28. The van der Waals surface area contributed by atoms with Gasteiger partial charge in [0.25, 0.3) is 0 Å². The Labute approximate surface area is 413 Å². The van der Waals surface area contributed by atoms with Gasteiger partial charge in [-0.15, -0.1) is 0 Å². The van der Waals surface area contributed by atoms with Gasteiger partial charge in [-0.25, -0.2) is 9.13 Å². The van der Waals surface area contributed by atoms with Crippen LogP contribution in [0.2, 0.25) is 44.8 Å². The summed E-state index contributed by atoms with van der Waals surface area (Å²) in [5.74, 6) is 0. The molecular weight excluding hydrogens is 985 g/mol. The third-order valence-corrected chi connectivity index (χ3v) is 30.2. The minimum atomic E-state index is -4.88. The maximum Gasteiger partial charge on any atom is 0.663 e. The van der Waals surface area contributed by atoms with Crippen molar-refractivity contribution in [3.63, 3.8) is 0 Å². The van der Waals surface area contributed by atoms with Gasteiger partial charge in [0.05, 0.1) is 19.8 Å². The van der Waals surface area contributed by atoms with Crippen molar-refractivity contribution in [2.45, 2.75) is 70.8 Å². The van der Waals surface area contributed by atoms with Crippen LogP contribution in [0.4, 0.5) is 11.4 Å². The summed E-state index contributed by atoms with van der Waals surface area (Å²) in [6.07, 6.45) is 18.5. The third kappa shape index (κ3) is 16.0. The Morgan fingerprint density at radius 3 is 1.35 bits per heavy atom. The van der Waals surface area contributed by atoms with Crippen LogP contribution in [0.15, 0.2) is 97.6 Å². The first-order valence-corrected chi connectivity index (χ1v) is 37.0. The van der Waals surface area contributed by atoms with E-state index in [1.165, 1.54) is 6.55 Å². The summed E-state index contributed by atoms with van der Waals surface area (Å²) in [4.78, 5) is 39.0. The highest BCUT2D eigenvalue weighted by atomic mass is 28.5. The van der Waals surface area contributed by atoms with Gasteiger partial charge in [-0.3, -0.25) is 0 Å². The zero-order valence-corrected chi connectivity index (χ0v) is 47.0. The highest BCUT2D eigenvalue weighted by molar-refractivity contribution is 6.80. The summed E-state index contributed by atoms with van der Waals surface area (Å²) < 4.78 is 65.3. The maximum atomic E-state index is 11.9. The molecule has 5 unspecified atom stereocenters. The third-order valence-electron chi connectivity index (χ3n) is 12.2. The minimum absolute atomic E-state index is 0.0401. The van der Waals surface area contributed by atoms with Crippen LogP contribution >= 0.6 is 0 Å². The van der Waals surface area contributed by atoms with Crippen LogP contribution in [0, 0.1) is 0 Å². The molecule has 2 aromatic heterocycles. The molecule has 0 aliphatic carbocycles. The molecule has 2 aromatic carbocycles. The first kappa shape index (κ1) is 53.4. The van der Waals surface area contributed by atoms with E-state index in [1.54, 1.807) is 27.3 Å². The fourth-order valence-corrected chi connectivity index (χ4v) is 25.1. The Kier molecular flexibility index (Phi) is 18.1. The number of benzene rings is 2. The number of rotatable bonds is 2. The SMILES string of the molecule is CO[Si]1(C)CCC[n+]2ccc(cc2)/C=C/c2ccc(cc2)N2CCO[Si](C)(O)O[Si](O)(OCC2)O[Si]2(O)OCCN(CO[Si](C)(C)O2)c2ccc(cc2)/C=C/c2cc[n+](cc2)CCC[Si](C)(OC)O1. The maximum absolute atomic E-state index is 11.9. The van der Waals surface area contributed by atoms with Crippen molar-refractivity contribution >= 4 is 88.3 Å². The van der Waals surface area contributed by atoms with Crippen LogP contribution in [-0.4, -0.2) is 127 Å². The lowest BCUT2D eigenvalue weighted by Gasteiger charge is -2.37. The van der Waals surface area contributed by atoms with E-state index in [2.05, 4.69) is 95.6 Å². The largest absolute Gasteiger partial charge is 0.663 e. The molecule has 23 heteroatoms. The van der Waals surface area contributed by atoms with Gasteiger partial charge in [0.15, 0.2) is 24.8 Å². The molecule has 5 atom stereocenters. The van der Waals surface area contributed by atoms with Gasteiger partial charge in [0, 0.05) is 88.9 Å². The number of hydrogen-bond acceptors (Lipinski definition) is 15. The number of hydrogen-bond donors (Lipinski definition) is 3. The zero-order valence-electron chi connectivity index (χ0n) is 41.0. The molecule has 0 spiro atoms. The number of aromatic nitrogens is 2. The average molecular weight is 1060 g/mol. The number of aryl methyl sites for hydroxylation is 2. The molecule has 0 saturated carbocycles. The molecule has 0 radical (unpaired) electrons. The Hall–Kier alpha value is -3.40. The standard InChI is InChI=1S/C46H70N4O13Si6/c1-54-65(5)38-8-26-47-28-22-43(23-29-47)12-10-41-14-18-45(19-15-41)49-32-35-56-67(7,51)62-69(53,58-36-33-49)63-68(52)57-37-34-50(40-59-64(3,4)60-68)46-20-16-42(17-21-46)11-13-44-24-30-48(31-25-44)27-9-39-66(6,55-2)61-65/h10-25,28-31,51-53H,8-9,26-27,32-40H2,1-7H3/q+2. The number of anilines is 2. The lowest BCUT2D eigenvalue weighted by atomic mass is 10.1. The fraction of sp³-hybridized carbons (Fsp3) is 0.435. The summed E-state index contributed by atoms with van der Waals surface area (Å²) in [6, 6.07) is 26.2. The predicted octanol–water partition coefficient (Wildman–Crippen LogP) is 5.38. The van der Waals surface area contributed by atoms with E-state index >= 15 is 0 Å². The summed E-state index contributed by atoms with van der Waals surface area (Å²) in [6.45, 7) is 12.0. The smallest absolute Gasteiger partial charge is 0.415 e. The molecule has 17 nitrogen and oxygen atoms in total. The zero-order chi connectivity index (χ0) is 49.2. The fourth-order valence-electron chi connectivity index (χ4n) is 8.16. The van der Waals surface area contributed by atoms with Gasteiger partial charge < -0.3 is 67.2 Å². The van der Waals surface area contributed by atoms with Crippen LogP contribution in [-0.2, 0) is 56.1 Å². The monoisotopic (exact) mass is 1050 g/mol. The Morgan fingerprint density at radius 1 is 0.478 bits per heavy atom. The second-order valence-corrected chi connectivity index (χ2v) is 35.8. The normalized spacial score (nSPS) is 30.2. The van der Waals surface area contributed by atoms with Crippen molar-refractivity contribution in [3.8, 4) is 0 Å². The van der Waals surface area contributed by atoms with Gasteiger partial charge >= 0.3 is 52.6 Å². The molecule has 2 saturated heterocycles. The Bertz CT molecular complexity index is 2320. The van der Waals surface area contributed by atoms with Crippen LogP contribution in [0.3, 0.4) is 0 Å². The minimum Gasteiger partial charge on any atom is -0.415 e.